The molecule has 11 heteroatoms. The lowest BCUT2D eigenvalue weighted by Gasteiger charge is -2.27. The molecular formula is C14H18F6N2O3. The van der Waals surface area contributed by atoms with Gasteiger partial charge in [-0.15, -0.1) is 0 Å². The highest BCUT2D eigenvalue weighted by molar-refractivity contribution is 5.80. The van der Waals surface area contributed by atoms with E-state index in [0.717, 1.165) is 0 Å². The third-order valence-corrected chi connectivity index (χ3v) is 4.35. The van der Waals surface area contributed by atoms with Gasteiger partial charge >= 0.3 is 12.4 Å². The summed E-state index contributed by atoms with van der Waals surface area (Å²) in [6.07, 6.45) is -9.08. The smallest absolute Gasteiger partial charge is 0.362 e. The highest BCUT2D eigenvalue weighted by atomic mass is 19.4. The van der Waals surface area contributed by atoms with Gasteiger partial charge in [0, 0.05) is 13.1 Å². The van der Waals surface area contributed by atoms with Crippen LogP contribution in [-0.2, 0) is 14.3 Å². The first-order chi connectivity index (χ1) is 11.5. The monoisotopic (exact) mass is 376 g/mol. The number of carbonyl (C=O) groups excluding carboxylic acids is 2. The van der Waals surface area contributed by atoms with Crippen molar-refractivity contribution in [3.05, 3.63) is 0 Å². The van der Waals surface area contributed by atoms with Gasteiger partial charge in [-0.1, -0.05) is 0 Å². The Labute approximate surface area is 139 Å². The molecule has 2 atom stereocenters. The summed E-state index contributed by atoms with van der Waals surface area (Å²) in [5.74, 6) is -1.86. The lowest BCUT2D eigenvalue weighted by atomic mass is 10.2. The molecule has 2 aliphatic rings. The second kappa shape index (κ2) is 7.38. The first-order valence-electron chi connectivity index (χ1n) is 7.82. The molecular weight excluding hydrogens is 358 g/mol. The highest BCUT2D eigenvalue weighted by Crippen LogP contribution is 2.33. The number of ether oxygens (including phenoxy) is 1. The zero-order chi connectivity index (χ0) is 18.8. The Morgan fingerprint density at radius 2 is 1.16 bits per heavy atom. The van der Waals surface area contributed by atoms with Gasteiger partial charge in [0.2, 0.25) is 11.8 Å². The molecule has 0 aromatic carbocycles. The molecule has 2 fully saturated rings. The Balaban J connectivity index is 1.82. The maximum Gasteiger partial charge on any atom is 0.408 e. The molecule has 0 aromatic heterocycles. The van der Waals surface area contributed by atoms with Gasteiger partial charge in [0.05, 0.1) is 0 Å². The maximum atomic E-state index is 12.8. The molecule has 0 aromatic rings. The van der Waals surface area contributed by atoms with Crippen molar-refractivity contribution >= 4 is 11.8 Å². The van der Waals surface area contributed by atoms with Crippen LogP contribution < -0.4 is 0 Å². The summed E-state index contributed by atoms with van der Waals surface area (Å²) >= 11 is 0. The minimum atomic E-state index is -4.54. The fraction of sp³-hybridized carbons (Fsp3) is 0.857. The van der Waals surface area contributed by atoms with Crippen molar-refractivity contribution in [2.24, 2.45) is 0 Å². The zero-order valence-corrected chi connectivity index (χ0v) is 13.2. The Morgan fingerprint density at radius 1 is 0.800 bits per heavy atom. The molecule has 5 nitrogen and oxygen atoms in total. The van der Waals surface area contributed by atoms with E-state index < -0.39 is 49.5 Å². The van der Waals surface area contributed by atoms with Crippen LogP contribution in [0, 0.1) is 0 Å². The largest absolute Gasteiger partial charge is 0.408 e. The first-order valence-corrected chi connectivity index (χ1v) is 7.82. The predicted molar refractivity (Wildman–Crippen MR) is 72.4 cm³/mol. The number of hydrogen-bond donors (Lipinski definition) is 0. The van der Waals surface area contributed by atoms with Gasteiger partial charge in [-0.3, -0.25) is 9.59 Å². The van der Waals surface area contributed by atoms with Gasteiger partial charge in [0.15, 0.2) is 0 Å². The van der Waals surface area contributed by atoms with E-state index in [2.05, 4.69) is 0 Å². The Bertz CT molecular complexity index is 464. The summed E-state index contributed by atoms with van der Waals surface area (Å²) < 4.78 is 81.5. The standard InChI is InChI=1S/C14H18F6N2O3/c15-13(16,17)9-3-1-5-21(9)11(23)7-25-8-12(24)22-6-2-4-10(22)14(18,19)20/h9-10H,1-8H2. The van der Waals surface area contributed by atoms with Crippen LogP contribution >= 0.6 is 0 Å². The van der Waals surface area contributed by atoms with Gasteiger partial charge < -0.3 is 14.5 Å². The topological polar surface area (TPSA) is 49.9 Å². The van der Waals surface area contributed by atoms with Gasteiger partial charge in [0.1, 0.15) is 25.3 Å². The van der Waals surface area contributed by atoms with Crippen LogP contribution in [0.3, 0.4) is 0 Å². The number of alkyl halides is 6. The SMILES string of the molecule is O=C(COCC(=O)N1CCCC1C(F)(F)F)N1CCCC1C(F)(F)F. The normalized spacial score (nSPS) is 24.9. The summed E-state index contributed by atoms with van der Waals surface area (Å²) in [6.45, 7) is -1.68. The summed E-state index contributed by atoms with van der Waals surface area (Å²) in [5, 5.41) is 0. The highest BCUT2D eigenvalue weighted by Gasteiger charge is 2.48. The van der Waals surface area contributed by atoms with Crippen LogP contribution in [0.5, 0.6) is 0 Å². The molecule has 2 aliphatic heterocycles. The molecule has 2 amide bonds. The average molecular weight is 376 g/mol. The minimum Gasteiger partial charge on any atom is -0.362 e. The van der Waals surface area contributed by atoms with Crippen molar-refractivity contribution < 1.29 is 40.7 Å². The summed E-state index contributed by atoms with van der Waals surface area (Å²) in [4.78, 5) is 24.9. The van der Waals surface area contributed by atoms with Crippen LogP contribution in [0.25, 0.3) is 0 Å². The van der Waals surface area contributed by atoms with E-state index in [1.807, 2.05) is 0 Å². The van der Waals surface area contributed by atoms with Crippen LogP contribution in [0.4, 0.5) is 26.3 Å². The quantitative estimate of drug-likeness (QED) is 0.707. The summed E-state index contributed by atoms with van der Waals surface area (Å²) in [5.41, 5.74) is 0. The molecule has 2 unspecified atom stereocenters. The first kappa shape index (κ1) is 19.8. The van der Waals surface area contributed by atoms with Crippen molar-refractivity contribution in [2.75, 3.05) is 26.3 Å². The lowest BCUT2D eigenvalue weighted by molar-refractivity contribution is -0.187. The molecule has 2 heterocycles. The zero-order valence-electron chi connectivity index (χ0n) is 13.2. The van der Waals surface area contributed by atoms with E-state index in [-0.39, 0.29) is 38.8 Å². The Morgan fingerprint density at radius 3 is 1.48 bits per heavy atom. The molecule has 2 saturated heterocycles. The van der Waals surface area contributed by atoms with Crippen molar-refractivity contribution in [3.63, 3.8) is 0 Å². The van der Waals surface area contributed by atoms with E-state index in [0.29, 0.717) is 9.80 Å². The Kier molecular flexibility index (Phi) is 5.85. The van der Waals surface area contributed by atoms with Gasteiger partial charge in [-0.2, -0.15) is 26.3 Å². The number of likely N-dealkylation sites (tertiary alicyclic amines) is 2. The third kappa shape index (κ3) is 4.77. The number of nitrogens with zero attached hydrogens (tertiary/aromatic N) is 2. The second-order valence-electron chi connectivity index (χ2n) is 6.07. The van der Waals surface area contributed by atoms with Crippen LogP contribution in [0.1, 0.15) is 25.7 Å². The summed E-state index contributed by atoms with van der Waals surface area (Å²) in [6, 6.07) is -3.76. The molecule has 2 rings (SSSR count). The van der Waals surface area contributed by atoms with Gasteiger partial charge in [-0.05, 0) is 25.7 Å². The third-order valence-electron chi connectivity index (χ3n) is 4.35. The Hall–Kier alpha value is -1.52. The van der Waals surface area contributed by atoms with E-state index in [1.165, 1.54) is 0 Å². The van der Waals surface area contributed by atoms with E-state index in [9.17, 15) is 35.9 Å². The molecule has 0 aliphatic carbocycles. The van der Waals surface area contributed by atoms with E-state index in [1.54, 1.807) is 0 Å². The number of halogens is 6. The number of rotatable bonds is 4. The van der Waals surface area contributed by atoms with Gasteiger partial charge in [0.25, 0.3) is 0 Å². The molecule has 144 valence electrons. The van der Waals surface area contributed by atoms with E-state index in [4.69, 9.17) is 4.74 Å². The molecule has 25 heavy (non-hydrogen) atoms. The maximum absolute atomic E-state index is 12.8. The molecule has 0 N–H and O–H groups in total. The van der Waals surface area contributed by atoms with E-state index >= 15 is 0 Å². The average Bonchev–Trinajstić information content (AvgIpc) is 3.14. The van der Waals surface area contributed by atoms with Crippen LogP contribution in [0.2, 0.25) is 0 Å². The molecule has 0 bridgehead atoms. The minimum absolute atomic E-state index is 0.0669. The van der Waals surface area contributed by atoms with Gasteiger partial charge in [-0.25, -0.2) is 0 Å². The van der Waals surface area contributed by atoms with Crippen molar-refractivity contribution in [2.45, 2.75) is 50.1 Å². The van der Waals surface area contributed by atoms with Crippen LogP contribution in [-0.4, -0.2) is 72.4 Å². The summed E-state index contributed by atoms with van der Waals surface area (Å²) in [7, 11) is 0. The fourth-order valence-electron chi connectivity index (χ4n) is 3.20. The van der Waals surface area contributed by atoms with Crippen molar-refractivity contribution in [1.29, 1.82) is 0 Å². The number of amides is 2. The molecule has 0 saturated carbocycles. The van der Waals surface area contributed by atoms with Crippen molar-refractivity contribution in [3.8, 4) is 0 Å². The van der Waals surface area contributed by atoms with Crippen LogP contribution in [0.15, 0.2) is 0 Å². The van der Waals surface area contributed by atoms with Crippen molar-refractivity contribution in [1.82, 2.24) is 9.80 Å². The molecule has 0 radical (unpaired) electrons. The molecule has 0 spiro atoms. The number of carbonyl (C=O) groups is 2. The second-order valence-corrected chi connectivity index (χ2v) is 6.07. The lowest BCUT2D eigenvalue weighted by Crippen LogP contribution is -2.47. The number of hydrogen-bond acceptors (Lipinski definition) is 3. The fourth-order valence-corrected chi connectivity index (χ4v) is 3.20. The predicted octanol–water partition coefficient (Wildman–Crippen LogP) is 2.11.